The predicted octanol–water partition coefficient (Wildman–Crippen LogP) is 4.19. The number of carbonyl (C=O) groups excluding carboxylic acids is 1. The maximum atomic E-state index is 14.3. The van der Waals surface area contributed by atoms with Crippen LogP contribution < -0.4 is 10.9 Å². The summed E-state index contributed by atoms with van der Waals surface area (Å²) in [5.41, 5.74) is -0.720. The van der Waals surface area contributed by atoms with Crippen LogP contribution in [-0.4, -0.2) is 48.5 Å². The first kappa shape index (κ1) is 28.8. The number of nitrogens with one attached hydrogen (secondary N) is 1. The lowest BCUT2D eigenvalue weighted by molar-refractivity contribution is -0.325. The monoisotopic (exact) mass is 584 g/mol. The summed E-state index contributed by atoms with van der Waals surface area (Å²) in [6.07, 6.45) is 0.293. The normalized spacial score (nSPS) is 13.3. The van der Waals surface area contributed by atoms with E-state index in [9.17, 15) is 32.3 Å². The number of halogens is 5. The molecule has 0 bridgehead atoms. The maximum absolute atomic E-state index is 14.3. The van der Waals surface area contributed by atoms with Crippen LogP contribution in [0.2, 0.25) is 5.02 Å². The van der Waals surface area contributed by atoms with Gasteiger partial charge in [0.25, 0.3) is 11.5 Å². The molecule has 16 heteroatoms. The molecule has 2 N–H and O–H groups in total. The molecule has 0 spiro atoms. The van der Waals surface area contributed by atoms with Crippen molar-refractivity contribution in [2.75, 3.05) is 11.9 Å². The van der Waals surface area contributed by atoms with Gasteiger partial charge in [0, 0.05) is 30.1 Å². The van der Waals surface area contributed by atoms with Gasteiger partial charge in [-0.2, -0.15) is 5.10 Å². The molecular weight excluding hydrogens is 564 g/mol. The Labute approximate surface area is 227 Å². The van der Waals surface area contributed by atoms with Gasteiger partial charge in [0.05, 0.1) is 25.5 Å². The lowest BCUT2D eigenvalue weighted by Gasteiger charge is -2.26. The molecule has 3 heterocycles. The fourth-order valence-corrected chi connectivity index (χ4v) is 4.42. The second-order valence-electron chi connectivity index (χ2n) is 8.66. The van der Waals surface area contributed by atoms with Gasteiger partial charge in [0.1, 0.15) is 23.6 Å². The lowest BCUT2D eigenvalue weighted by atomic mass is 9.82. The Bertz CT molecular complexity index is 1570. The number of benzene rings is 1. The number of carbonyl (C=O) groups is 1. The summed E-state index contributed by atoms with van der Waals surface area (Å²) in [6.45, 7) is 0.668. The van der Waals surface area contributed by atoms with Gasteiger partial charge < -0.3 is 14.9 Å². The van der Waals surface area contributed by atoms with Gasteiger partial charge in [-0.3, -0.25) is 23.6 Å². The van der Waals surface area contributed by atoms with Crippen LogP contribution in [0.1, 0.15) is 46.2 Å². The third-order valence-corrected chi connectivity index (χ3v) is 6.35. The highest BCUT2D eigenvalue weighted by Crippen LogP contribution is 2.41. The van der Waals surface area contributed by atoms with E-state index >= 15 is 0 Å². The first-order chi connectivity index (χ1) is 18.9. The van der Waals surface area contributed by atoms with Gasteiger partial charge in [-0.1, -0.05) is 23.7 Å². The zero-order valence-corrected chi connectivity index (χ0v) is 21.6. The Kier molecular flexibility index (Phi) is 8.25. The molecule has 0 fully saturated rings. The van der Waals surface area contributed by atoms with Crippen molar-refractivity contribution < 1.29 is 36.7 Å². The number of alkyl halides is 3. The van der Waals surface area contributed by atoms with Crippen molar-refractivity contribution in [3.63, 3.8) is 0 Å². The molecule has 2 atom stereocenters. The molecule has 0 saturated heterocycles. The largest absolute Gasteiger partial charge is 0.522 e. The van der Waals surface area contributed by atoms with Crippen molar-refractivity contribution in [3.8, 4) is 5.75 Å². The summed E-state index contributed by atoms with van der Waals surface area (Å²) >= 11 is 6.42. The number of ether oxygens (including phenoxy) is 1. The molecule has 0 aliphatic heterocycles. The third kappa shape index (κ3) is 6.31. The van der Waals surface area contributed by atoms with Gasteiger partial charge in [0.2, 0.25) is 5.75 Å². The zero-order chi connectivity index (χ0) is 29.2. The maximum Gasteiger partial charge on any atom is 0.522 e. The van der Waals surface area contributed by atoms with Crippen LogP contribution in [0.3, 0.4) is 0 Å². The van der Waals surface area contributed by atoms with E-state index in [-0.39, 0.29) is 28.6 Å². The number of hydrogen-bond acceptors (Lipinski definition) is 8. The first-order valence-corrected chi connectivity index (χ1v) is 11.9. The third-order valence-electron chi connectivity index (χ3n) is 6.01. The number of anilines is 1. The van der Waals surface area contributed by atoms with Crippen LogP contribution >= 0.6 is 11.6 Å². The molecule has 0 unspecified atom stereocenters. The van der Waals surface area contributed by atoms with Gasteiger partial charge in [-0.15, -0.1) is 13.2 Å². The van der Waals surface area contributed by atoms with E-state index in [4.69, 9.17) is 11.6 Å². The molecule has 212 valence electrons. The van der Waals surface area contributed by atoms with E-state index in [0.717, 1.165) is 16.9 Å². The molecule has 0 saturated carbocycles. The van der Waals surface area contributed by atoms with Crippen molar-refractivity contribution in [3.05, 3.63) is 86.9 Å². The fraction of sp³-hybridized carbons (Fsp3) is 0.292. The average Bonchev–Trinajstić information content (AvgIpc) is 3.56. The highest BCUT2D eigenvalue weighted by Gasteiger charge is 2.32. The van der Waals surface area contributed by atoms with E-state index in [0.29, 0.717) is 5.56 Å². The number of aromatic nitrogens is 5. The van der Waals surface area contributed by atoms with Crippen LogP contribution in [0.4, 0.5) is 23.2 Å². The van der Waals surface area contributed by atoms with Gasteiger partial charge in [0.15, 0.2) is 5.69 Å². The summed E-state index contributed by atoms with van der Waals surface area (Å²) in [5.74, 6) is -4.11. The van der Waals surface area contributed by atoms with Gasteiger partial charge in [-0.25, -0.2) is 9.37 Å². The van der Waals surface area contributed by atoms with Gasteiger partial charge >= 0.3 is 6.36 Å². The van der Waals surface area contributed by atoms with Crippen molar-refractivity contribution in [2.45, 2.75) is 31.7 Å². The number of nitrogens with zero attached hydrogens (tertiary/aromatic N) is 5. The molecule has 4 rings (SSSR count). The predicted molar refractivity (Wildman–Crippen MR) is 132 cm³/mol. The molecule has 0 aliphatic carbocycles. The Morgan fingerprint density at radius 1 is 1.30 bits per heavy atom. The molecule has 1 amide bonds. The topological polar surface area (TPSA) is 137 Å². The van der Waals surface area contributed by atoms with Crippen LogP contribution in [0.5, 0.6) is 5.75 Å². The van der Waals surface area contributed by atoms with E-state index < -0.39 is 53.5 Å². The van der Waals surface area contributed by atoms with Crippen molar-refractivity contribution in [1.29, 1.82) is 0 Å². The summed E-state index contributed by atoms with van der Waals surface area (Å²) in [4.78, 5) is 30.0. The van der Waals surface area contributed by atoms with Crippen molar-refractivity contribution >= 4 is 23.2 Å². The smallest absolute Gasteiger partial charge is 0.501 e. The zero-order valence-electron chi connectivity index (χ0n) is 20.8. The quantitative estimate of drug-likeness (QED) is 0.279. The Balaban J connectivity index is 1.77. The Hall–Kier alpha value is -4.24. The van der Waals surface area contributed by atoms with E-state index in [1.54, 1.807) is 6.92 Å². The summed E-state index contributed by atoms with van der Waals surface area (Å²) < 4.78 is 62.2. The highest BCUT2D eigenvalue weighted by atomic mass is 35.5. The van der Waals surface area contributed by atoms with E-state index in [1.165, 1.54) is 42.5 Å². The average molecular weight is 585 g/mol. The SMILES string of the molecule is C[C@H](c1nc(C(=O)Nc2cnoc2)c(O)c(=O)n1C)[C@@H](c1cnn(CCOC(F)(F)F)c1)c1cc(F)ccc1Cl. The van der Waals surface area contributed by atoms with E-state index in [2.05, 4.69) is 29.8 Å². The lowest BCUT2D eigenvalue weighted by Crippen LogP contribution is -2.29. The van der Waals surface area contributed by atoms with Crippen LogP contribution in [0.25, 0.3) is 0 Å². The molecule has 40 heavy (non-hydrogen) atoms. The second-order valence-corrected chi connectivity index (χ2v) is 9.07. The molecule has 3 aromatic heterocycles. The minimum atomic E-state index is -4.81. The number of amides is 1. The minimum absolute atomic E-state index is 0.0109. The number of hydrogen-bond donors (Lipinski definition) is 2. The minimum Gasteiger partial charge on any atom is -0.501 e. The fourth-order valence-electron chi connectivity index (χ4n) is 4.19. The van der Waals surface area contributed by atoms with Crippen molar-refractivity contribution in [2.24, 2.45) is 7.05 Å². The molecule has 0 aliphatic rings. The standard InChI is InChI=1S/C24H21ClF4N6O5/c1-12(21-33-19(20(36)23(38)34(21)2)22(37)32-15-9-31-40-11-15)18(16-7-14(26)3-4-17(16)25)13-8-30-35(10-13)5-6-39-24(27,28)29/h3-4,7-12,18,36H,5-6H2,1-2H3,(H,32,37)/t12-,18-/m0/s1. The highest BCUT2D eigenvalue weighted by molar-refractivity contribution is 6.31. The molecule has 1 aromatic carbocycles. The Morgan fingerprint density at radius 3 is 2.73 bits per heavy atom. The van der Waals surface area contributed by atoms with Crippen molar-refractivity contribution in [1.82, 2.24) is 24.5 Å². The summed E-state index contributed by atoms with van der Waals surface area (Å²) in [7, 11) is 1.32. The molecule has 11 nitrogen and oxygen atoms in total. The van der Waals surface area contributed by atoms with Crippen LogP contribution in [0.15, 0.2) is 52.4 Å². The van der Waals surface area contributed by atoms with Crippen LogP contribution in [0, 0.1) is 5.82 Å². The van der Waals surface area contributed by atoms with E-state index in [1.807, 2.05) is 0 Å². The summed E-state index contributed by atoms with van der Waals surface area (Å²) in [6, 6.07) is 3.65. The number of aromatic hydroxyl groups is 1. The second kappa shape index (κ2) is 11.5. The Morgan fingerprint density at radius 2 is 2.05 bits per heavy atom. The van der Waals surface area contributed by atoms with Crippen LogP contribution in [-0.2, 0) is 18.3 Å². The summed E-state index contributed by atoms with van der Waals surface area (Å²) in [5, 5.41) is 20.5. The van der Waals surface area contributed by atoms with Gasteiger partial charge in [-0.05, 0) is 29.3 Å². The first-order valence-electron chi connectivity index (χ1n) is 11.5. The number of rotatable bonds is 9. The molecule has 4 aromatic rings. The molecule has 0 radical (unpaired) electrons. The molecular formula is C24H21ClF4N6O5.